The summed E-state index contributed by atoms with van der Waals surface area (Å²) < 4.78 is 47.3. The van der Waals surface area contributed by atoms with Crippen molar-refractivity contribution in [3.63, 3.8) is 0 Å². The summed E-state index contributed by atoms with van der Waals surface area (Å²) in [5, 5.41) is 10.0. The topological polar surface area (TPSA) is 107 Å². The van der Waals surface area contributed by atoms with E-state index in [1.165, 1.54) is 43.1 Å². The van der Waals surface area contributed by atoms with Crippen molar-refractivity contribution < 1.29 is 27.5 Å². The number of fused-ring (bicyclic) bond motifs is 1. The van der Waals surface area contributed by atoms with Gasteiger partial charge in [-0.3, -0.25) is 14.8 Å². The summed E-state index contributed by atoms with van der Waals surface area (Å²) in [6, 6.07) is 2.93. The van der Waals surface area contributed by atoms with Gasteiger partial charge in [-0.2, -0.15) is 23.3 Å². The van der Waals surface area contributed by atoms with Gasteiger partial charge < -0.3 is 9.64 Å². The van der Waals surface area contributed by atoms with Crippen LogP contribution in [0.5, 0.6) is 0 Å². The Labute approximate surface area is 181 Å². The SMILES string of the molecule is CN(CC(=O)Nc1nc2ccc(-c3cn(C)nc3C(F)(F)F)cn2n1)C(=O)OC(C)(C)C. The number of pyridine rings is 1. The minimum absolute atomic E-state index is 0.0630. The first kappa shape index (κ1) is 23.0. The number of ether oxygens (including phenoxy) is 1. The highest BCUT2D eigenvalue weighted by Crippen LogP contribution is 2.35. The molecule has 13 heteroatoms. The van der Waals surface area contributed by atoms with E-state index in [9.17, 15) is 22.8 Å². The Morgan fingerprint density at radius 2 is 1.84 bits per heavy atom. The second kappa shape index (κ2) is 8.13. The van der Waals surface area contributed by atoms with E-state index < -0.39 is 29.5 Å². The third kappa shape index (κ3) is 5.34. The molecule has 0 aliphatic carbocycles. The van der Waals surface area contributed by atoms with E-state index in [0.29, 0.717) is 5.65 Å². The third-order valence-electron chi connectivity index (χ3n) is 4.08. The first-order valence-corrected chi connectivity index (χ1v) is 9.44. The monoisotopic (exact) mass is 453 g/mol. The number of aryl methyl sites for hydroxylation is 1. The number of halogens is 3. The number of carbonyl (C=O) groups is 2. The Morgan fingerprint density at radius 3 is 2.47 bits per heavy atom. The number of likely N-dealkylation sites (N-methyl/N-ethyl adjacent to an activating group) is 1. The lowest BCUT2D eigenvalue weighted by Crippen LogP contribution is -2.38. The Hall–Kier alpha value is -3.64. The molecule has 0 aliphatic heterocycles. The minimum Gasteiger partial charge on any atom is -0.444 e. The van der Waals surface area contributed by atoms with Gasteiger partial charge >= 0.3 is 12.3 Å². The van der Waals surface area contributed by atoms with Gasteiger partial charge in [-0.1, -0.05) is 0 Å². The molecular formula is C19H22F3N7O3. The van der Waals surface area contributed by atoms with Crippen LogP contribution in [0.3, 0.4) is 0 Å². The zero-order valence-electron chi connectivity index (χ0n) is 18.1. The van der Waals surface area contributed by atoms with E-state index in [4.69, 9.17) is 4.74 Å². The van der Waals surface area contributed by atoms with Crippen molar-refractivity contribution in [2.24, 2.45) is 7.05 Å². The lowest BCUT2D eigenvalue weighted by molar-refractivity contribution is -0.141. The summed E-state index contributed by atoms with van der Waals surface area (Å²) in [7, 11) is 2.80. The molecule has 3 heterocycles. The van der Waals surface area contributed by atoms with E-state index in [1.807, 2.05) is 0 Å². The third-order valence-corrected chi connectivity index (χ3v) is 4.08. The van der Waals surface area contributed by atoms with Gasteiger partial charge in [-0.15, -0.1) is 5.10 Å². The predicted octanol–water partition coefficient (Wildman–Crippen LogP) is 2.95. The van der Waals surface area contributed by atoms with Crippen molar-refractivity contribution in [1.29, 1.82) is 0 Å². The summed E-state index contributed by atoms with van der Waals surface area (Å²) in [6.07, 6.45) is -2.67. The van der Waals surface area contributed by atoms with Gasteiger partial charge in [-0.05, 0) is 32.9 Å². The average Bonchev–Trinajstić information content (AvgIpc) is 3.21. The van der Waals surface area contributed by atoms with Crippen molar-refractivity contribution in [2.75, 3.05) is 18.9 Å². The van der Waals surface area contributed by atoms with Crippen LogP contribution < -0.4 is 5.32 Å². The second-order valence-electron chi connectivity index (χ2n) is 8.10. The second-order valence-corrected chi connectivity index (χ2v) is 8.10. The van der Waals surface area contributed by atoms with Crippen LogP contribution in [-0.2, 0) is 22.8 Å². The van der Waals surface area contributed by atoms with Crippen LogP contribution in [0, 0.1) is 0 Å². The molecule has 0 atom stereocenters. The summed E-state index contributed by atoms with van der Waals surface area (Å²) in [5.74, 6) is -0.631. The molecule has 0 aromatic carbocycles. The highest BCUT2D eigenvalue weighted by Gasteiger charge is 2.37. The van der Waals surface area contributed by atoms with Crippen LogP contribution in [0.4, 0.5) is 23.9 Å². The molecule has 0 radical (unpaired) electrons. The molecule has 1 N–H and O–H groups in total. The maximum Gasteiger partial charge on any atom is 0.435 e. The maximum atomic E-state index is 13.3. The molecule has 2 amide bonds. The van der Waals surface area contributed by atoms with Crippen molar-refractivity contribution in [1.82, 2.24) is 29.3 Å². The van der Waals surface area contributed by atoms with E-state index in [2.05, 4.69) is 20.5 Å². The first-order valence-electron chi connectivity index (χ1n) is 9.44. The molecule has 0 saturated carbocycles. The predicted molar refractivity (Wildman–Crippen MR) is 108 cm³/mol. The van der Waals surface area contributed by atoms with Crippen molar-refractivity contribution in [3.05, 3.63) is 30.2 Å². The smallest absolute Gasteiger partial charge is 0.435 e. The molecule has 0 saturated heterocycles. The number of alkyl halides is 3. The maximum absolute atomic E-state index is 13.3. The fourth-order valence-electron chi connectivity index (χ4n) is 2.79. The van der Waals surface area contributed by atoms with Crippen LogP contribution in [0.2, 0.25) is 0 Å². The van der Waals surface area contributed by atoms with Crippen LogP contribution in [-0.4, -0.2) is 60.5 Å². The Balaban J connectivity index is 1.76. The molecular weight excluding hydrogens is 431 g/mol. The number of anilines is 1. The molecule has 0 aliphatic rings. The van der Waals surface area contributed by atoms with Crippen LogP contribution in [0.1, 0.15) is 26.5 Å². The van der Waals surface area contributed by atoms with E-state index in [-0.39, 0.29) is 23.6 Å². The largest absolute Gasteiger partial charge is 0.444 e. The van der Waals surface area contributed by atoms with Gasteiger partial charge in [0, 0.05) is 37.6 Å². The lowest BCUT2D eigenvalue weighted by atomic mass is 10.1. The highest BCUT2D eigenvalue weighted by molar-refractivity contribution is 5.92. The number of hydrogen-bond acceptors (Lipinski definition) is 6. The number of aromatic nitrogens is 5. The van der Waals surface area contributed by atoms with E-state index in [1.54, 1.807) is 20.8 Å². The molecule has 3 rings (SSSR count). The molecule has 172 valence electrons. The van der Waals surface area contributed by atoms with Gasteiger partial charge in [0.25, 0.3) is 0 Å². The molecule has 10 nitrogen and oxygen atoms in total. The first-order chi connectivity index (χ1) is 14.7. The molecule has 0 unspecified atom stereocenters. The Bertz CT molecular complexity index is 1160. The molecule has 3 aromatic rings. The van der Waals surface area contributed by atoms with E-state index >= 15 is 0 Å². The number of nitrogens with one attached hydrogen (secondary N) is 1. The summed E-state index contributed by atoms with van der Waals surface area (Å²) in [6.45, 7) is 4.81. The number of nitrogens with zero attached hydrogens (tertiary/aromatic N) is 6. The zero-order chi connectivity index (χ0) is 23.8. The summed E-state index contributed by atoms with van der Waals surface area (Å²) in [4.78, 5) is 29.4. The fraction of sp³-hybridized carbons (Fsp3) is 0.421. The van der Waals surface area contributed by atoms with Crippen LogP contribution >= 0.6 is 0 Å². The number of rotatable bonds is 4. The van der Waals surface area contributed by atoms with Crippen LogP contribution in [0.25, 0.3) is 16.8 Å². The Kier molecular flexibility index (Phi) is 5.85. The number of carbonyl (C=O) groups excluding carboxylic acids is 2. The summed E-state index contributed by atoms with van der Waals surface area (Å²) in [5.41, 5.74) is -1.30. The standard InChI is InChI=1S/C19H22F3N7O3/c1-18(2,3)32-17(31)27(4)10-14(30)24-16-23-13-7-6-11(8-29(13)26-16)12-9-28(5)25-15(12)19(20,21)22/h6-9H,10H2,1-5H3,(H,24,26,30). The molecule has 0 spiro atoms. The van der Waals surface area contributed by atoms with Gasteiger partial charge in [0.05, 0.1) is 0 Å². The molecule has 0 fully saturated rings. The van der Waals surface area contributed by atoms with Crippen molar-refractivity contribution in [3.8, 4) is 11.1 Å². The van der Waals surface area contributed by atoms with Gasteiger partial charge in [0.1, 0.15) is 12.1 Å². The molecule has 3 aromatic heterocycles. The normalized spacial score (nSPS) is 12.1. The van der Waals surface area contributed by atoms with Gasteiger partial charge in [0.15, 0.2) is 11.3 Å². The number of amides is 2. The van der Waals surface area contributed by atoms with Crippen molar-refractivity contribution >= 4 is 23.6 Å². The fourth-order valence-corrected chi connectivity index (χ4v) is 2.79. The lowest BCUT2D eigenvalue weighted by Gasteiger charge is -2.24. The van der Waals surface area contributed by atoms with Gasteiger partial charge in [0.2, 0.25) is 11.9 Å². The Morgan fingerprint density at radius 1 is 1.16 bits per heavy atom. The summed E-state index contributed by atoms with van der Waals surface area (Å²) >= 11 is 0. The molecule has 32 heavy (non-hydrogen) atoms. The van der Waals surface area contributed by atoms with Crippen LogP contribution in [0.15, 0.2) is 24.5 Å². The minimum atomic E-state index is -4.62. The van der Waals surface area contributed by atoms with Gasteiger partial charge in [-0.25, -0.2) is 9.31 Å². The molecule has 0 bridgehead atoms. The quantitative estimate of drug-likeness (QED) is 0.651. The highest BCUT2D eigenvalue weighted by atomic mass is 19.4. The van der Waals surface area contributed by atoms with Crippen molar-refractivity contribution in [2.45, 2.75) is 32.5 Å². The number of hydrogen-bond donors (Lipinski definition) is 1. The average molecular weight is 453 g/mol. The van der Waals surface area contributed by atoms with E-state index in [0.717, 1.165) is 9.58 Å². The zero-order valence-corrected chi connectivity index (χ0v) is 18.1.